The molecule has 0 aromatic heterocycles. The Balaban J connectivity index is 1.46. The molecule has 0 spiro atoms. The van der Waals surface area contributed by atoms with Crippen LogP contribution < -0.4 is 9.80 Å². The summed E-state index contributed by atoms with van der Waals surface area (Å²) >= 11 is 0. The van der Waals surface area contributed by atoms with Gasteiger partial charge in [0.05, 0.1) is 4.90 Å². The van der Waals surface area contributed by atoms with E-state index in [1.165, 1.54) is 16.8 Å². The van der Waals surface area contributed by atoms with E-state index in [1.54, 1.807) is 33.5 Å². The molecule has 2 aliphatic heterocycles. The highest BCUT2D eigenvalue weighted by Gasteiger charge is 2.29. The molecule has 2 aromatic carbocycles. The van der Waals surface area contributed by atoms with E-state index >= 15 is 0 Å². The van der Waals surface area contributed by atoms with E-state index in [0.717, 1.165) is 12.1 Å². The summed E-state index contributed by atoms with van der Waals surface area (Å²) < 4.78 is 27.7. The number of amides is 1. The summed E-state index contributed by atoms with van der Waals surface area (Å²) in [6.45, 7) is 7.17. The lowest BCUT2D eigenvalue weighted by molar-refractivity contribution is -0.117. The Kier molecular flexibility index (Phi) is 5.36. The van der Waals surface area contributed by atoms with Gasteiger partial charge in [-0.2, -0.15) is 4.31 Å². The highest BCUT2D eigenvalue weighted by Crippen LogP contribution is 2.27. The molecule has 2 heterocycles. The lowest BCUT2D eigenvalue weighted by Crippen LogP contribution is -2.48. The highest BCUT2D eigenvalue weighted by molar-refractivity contribution is 7.89. The third-order valence-electron chi connectivity index (χ3n) is 6.01. The van der Waals surface area contributed by atoms with Gasteiger partial charge in [0.25, 0.3) is 0 Å². The number of hydrogen-bond donors (Lipinski definition) is 0. The Hall–Kier alpha value is -2.38. The van der Waals surface area contributed by atoms with Crippen molar-refractivity contribution in [2.45, 2.75) is 31.6 Å². The minimum atomic E-state index is -3.54. The number of carbonyl (C=O) groups is 1. The molecule has 2 aliphatic rings. The largest absolute Gasteiger partial charge is 0.369 e. The van der Waals surface area contributed by atoms with Crippen LogP contribution in [0.5, 0.6) is 0 Å². The fraction of sp³-hybridized carbons (Fsp3) is 0.409. The van der Waals surface area contributed by atoms with E-state index in [1.807, 2.05) is 6.07 Å². The lowest BCUT2D eigenvalue weighted by atomic mass is 10.1. The predicted molar refractivity (Wildman–Crippen MR) is 115 cm³/mol. The second-order valence-corrected chi connectivity index (χ2v) is 9.69. The molecule has 4 rings (SSSR count). The maximum absolute atomic E-state index is 13.1. The van der Waals surface area contributed by atoms with Crippen LogP contribution in [0, 0.1) is 13.8 Å². The van der Waals surface area contributed by atoms with Gasteiger partial charge in [0.1, 0.15) is 0 Å². The van der Waals surface area contributed by atoms with Gasteiger partial charge in [0.2, 0.25) is 15.9 Å². The maximum Gasteiger partial charge on any atom is 0.243 e. The Labute approximate surface area is 172 Å². The van der Waals surface area contributed by atoms with E-state index in [-0.39, 0.29) is 10.8 Å². The van der Waals surface area contributed by atoms with Crippen molar-refractivity contribution >= 4 is 27.3 Å². The summed E-state index contributed by atoms with van der Waals surface area (Å²) in [6, 6.07) is 13.0. The van der Waals surface area contributed by atoms with E-state index in [0.29, 0.717) is 39.1 Å². The van der Waals surface area contributed by atoms with Gasteiger partial charge >= 0.3 is 0 Å². The number of carbonyl (C=O) groups excluding carboxylic acids is 1. The molecule has 154 valence electrons. The molecule has 7 heteroatoms. The monoisotopic (exact) mass is 413 g/mol. The van der Waals surface area contributed by atoms with Crippen LogP contribution in [0.25, 0.3) is 0 Å². The Morgan fingerprint density at radius 3 is 2.17 bits per heavy atom. The molecule has 6 nitrogen and oxygen atoms in total. The fourth-order valence-electron chi connectivity index (χ4n) is 4.12. The molecule has 0 aliphatic carbocycles. The summed E-state index contributed by atoms with van der Waals surface area (Å²) in [6.07, 6.45) is 1.41. The van der Waals surface area contributed by atoms with Crippen molar-refractivity contribution in [2.75, 3.05) is 42.5 Å². The molecule has 0 radical (unpaired) electrons. The number of nitrogens with zero attached hydrogens (tertiary/aromatic N) is 3. The van der Waals surface area contributed by atoms with Crippen molar-refractivity contribution in [2.24, 2.45) is 0 Å². The topological polar surface area (TPSA) is 60.9 Å². The van der Waals surface area contributed by atoms with Gasteiger partial charge < -0.3 is 9.80 Å². The van der Waals surface area contributed by atoms with Crippen LogP contribution in [-0.4, -0.2) is 51.4 Å². The van der Waals surface area contributed by atoms with E-state index in [4.69, 9.17) is 0 Å². The third kappa shape index (κ3) is 3.76. The molecule has 0 atom stereocenters. The summed E-state index contributed by atoms with van der Waals surface area (Å²) in [4.78, 5) is 16.2. The molecule has 2 saturated heterocycles. The van der Waals surface area contributed by atoms with Crippen LogP contribution in [0.3, 0.4) is 0 Å². The van der Waals surface area contributed by atoms with Gasteiger partial charge in [-0.15, -0.1) is 0 Å². The van der Waals surface area contributed by atoms with E-state index in [2.05, 4.69) is 30.9 Å². The van der Waals surface area contributed by atoms with Crippen molar-refractivity contribution in [3.8, 4) is 0 Å². The fourth-order valence-corrected chi connectivity index (χ4v) is 5.54. The molecule has 1 amide bonds. The average molecular weight is 414 g/mol. The second-order valence-electron chi connectivity index (χ2n) is 7.75. The van der Waals surface area contributed by atoms with E-state index in [9.17, 15) is 13.2 Å². The van der Waals surface area contributed by atoms with Gasteiger partial charge in [-0.05, 0) is 61.7 Å². The first kappa shape index (κ1) is 19.9. The molecule has 0 unspecified atom stereocenters. The maximum atomic E-state index is 13.1. The lowest BCUT2D eigenvalue weighted by Gasteiger charge is -2.36. The zero-order valence-corrected chi connectivity index (χ0v) is 17.8. The Bertz CT molecular complexity index is 1010. The standard InChI is InChI=1S/C22H27N3O3S/c1-17-5-3-6-21(18(17)2)23-13-15-24(16-14-23)29(27,28)20-10-8-19(9-11-20)25-12-4-7-22(25)26/h3,5-6,8-11H,4,7,12-16H2,1-2H3. The summed E-state index contributed by atoms with van der Waals surface area (Å²) in [7, 11) is -3.54. The molecule has 0 saturated carbocycles. The van der Waals surface area contributed by atoms with Crippen molar-refractivity contribution in [3.05, 3.63) is 53.6 Å². The molecule has 0 N–H and O–H groups in total. The second kappa shape index (κ2) is 7.80. The van der Waals surface area contributed by atoms with Gasteiger partial charge in [-0.3, -0.25) is 4.79 Å². The highest BCUT2D eigenvalue weighted by atomic mass is 32.2. The van der Waals surface area contributed by atoms with Crippen molar-refractivity contribution in [3.63, 3.8) is 0 Å². The zero-order chi connectivity index (χ0) is 20.6. The number of hydrogen-bond acceptors (Lipinski definition) is 4. The first-order chi connectivity index (χ1) is 13.9. The summed E-state index contributed by atoms with van der Waals surface area (Å²) in [5.74, 6) is 0.100. The van der Waals surface area contributed by atoms with E-state index < -0.39 is 10.0 Å². The number of benzene rings is 2. The van der Waals surface area contributed by atoms with Crippen molar-refractivity contribution in [1.82, 2.24) is 4.31 Å². The molecule has 29 heavy (non-hydrogen) atoms. The smallest absolute Gasteiger partial charge is 0.243 e. The SMILES string of the molecule is Cc1cccc(N2CCN(S(=O)(=O)c3ccc(N4CCCC4=O)cc3)CC2)c1C. The third-order valence-corrected chi connectivity index (χ3v) is 7.93. The normalized spacial score (nSPS) is 18.5. The predicted octanol–water partition coefficient (Wildman–Crippen LogP) is 2.94. The summed E-state index contributed by atoms with van der Waals surface area (Å²) in [5.41, 5.74) is 4.44. The average Bonchev–Trinajstić information content (AvgIpc) is 3.16. The first-order valence-corrected chi connectivity index (χ1v) is 11.5. The molecule has 2 aromatic rings. The van der Waals surface area contributed by atoms with Gasteiger partial charge in [-0.25, -0.2) is 8.42 Å². The number of rotatable bonds is 4. The van der Waals surface area contributed by atoms with Gasteiger partial charge in [0, 0.05) is 50.5 Å². The van der Waals surface area contributed by atoms with Crippen molar-refractivity contribution < 1.29 is 13.2 Å². The van der Waals surface area contributed by atoms with Crippen LogP contribution in [0.4, 0.5) is 11.4 Å². The number of piperazine rings is 1. The number of sulfonamides is 1. The molecular weight excluding hydrogens is 386 g/mol. The van der Waals surface area contributed by atoms with Crippen LogP contribution >= 0.6 is 0 Å². The summed E-state index contributed by atoms with van der Waals surface area (Å²) in [5, 5.41) is 0. The Morgan fingerprint density at radius 1 is 0.862 bits per heavy atom. The van der Waals surface area contributed by atoms with Crippen LogP contribution in [0.1, 0.15) is 24.0 Å². The van der Waals surface area contributed by atoms with Crippen LogP contribution in [0.2, 0.25) is 0 Å². The first-order valence-electron chi connectivity index (χ1n) is 10.1. The zero-order valence-electron chi connectivity index (χ0n) is 17.0. The number of anilines is 2. The van der Waals surface area contributed by atoms with Gasteiger partial charge in [0.15, 0.2) is 0 Å². The minimum Gasteiger partial charge on any atom is -0.369 e. The molecule has 0 bridgehead atoms. The molecule has 2 fully saturated rings. The van der Waals surface area contributed by atoms with Crippen molar-refractivity contribution in [1.29, 1.82) is 0 Å². The Morgan fingerprint density at radius 2 is 1.55 bits per heavy atom. The van der Waals surface area contributed by atoms with Gasteiger partial charge in [-0.1, -0.05) is 12.1 Å². The quantitative estimate of drug-likeness (QED) is 0.773. The van der Waals surface area contributed by atoms with Crippen LogP contribution in [-0.2, 0) is 14.8 Å². The minimum absolute atomic E-state index is 0.100. The number of aryl methyl sites for hydroxylation is 1. The van der Waals surface area contributed by atoms with Crippen LogP contribution in [0.15, 0.2) is 47.4 Å². The molecular formula is C22H27N3O3S.